The van der Waals surface area contributed by atoms with Gasteiger partial charge in [0.15, 0.2) is 0 Å². The minimum Gasteiger partial charge on any atom is -0.497 e. The normalized spacial score (nSPS) is 9.92. The Morgan fingerprint density at radius 3 is 2.38 bits per heavy atom. The second kappa shape index (κ2) is 8.57. The van der Waals surface area contributed by atoms with Gasteiger partial charge in [-0.3, -0.25) is 4.79 Å². The number of carbonyl (C=O) groups excluding carboxylic acids is 2. The first-order chi connectivity index (χ1) is 11.6. The molecule has 2 rings (SSSR count). The van der Waals surface area contributed by atoms with Crippen molar-refractivity contribution >= 4 is 23.3 Å². The Morgan fingerprint density at radius 2 is 1.71 bits per heavy atom. The van der Waals surface area contributed by atoms with Crippen LogP contribution in [0, 0.1) is 0 Å². The van der Waals surface area contributed by atoms with Crippen molar-refractivity contribution < 1.29 is 14.3 Å². The van der Waals surface area contributed by atoms with E-state index in [-0.39, 0.29) is 12.5 Å². The average molecular weight is 327 g/mol. The Hall–Kier alpha value is -3.02. The second-order valence-electron chi connectivity index (χ2n) is 5.10. The van der Waals surface area contributed by atoms with Crippen molar-refractivity contribution in [2.75, 3.05) is 24.3 Å². The molecular formula is C18H21N3O3. The molecule has 6 heteroatoms. The highest BCUT2D eigenvalue weighted by atomic mass is 16.5. The van der Waals surface area contributed by atoms with Crippen LogP contribution in [-0.4, -0.2) is 25.6 Å². The Bertz CT molecular complexity index is 699. The summed E-state index contributed by atoms with van der Waals surface area (Å²) in [5.74, 6) is 0.402. The number of hydrogen-bond donors (Lipinski definition) is 3. The van der Waals surface area contributed by atoms with Crippen LogP contribution in [0.4, 0.5) is 16.2 Å². The maximum atomic E-state index is 11.9. The van der Waals surface area contributed by atoms with E-state index in [1.165, 1.54) is 0 Å². The molecule has 3 N–H and O–H groups in total. The summed E-state index contributed by atoms with van der Waals surface area (Å²) in [6.07, 6.45) is 0.814. The lowest BCUT2D eigenvalue weighted by Gasteiger charge is -2.11. The molecule has 0 heterocycles. The molecule has 24 heavy (non-hydrogen) atoms. The minimum atomic E-state index is -0.416. The standard InChI is InChI=1S/C18H21N3O3/c1-3-13-6-4-5-7-16(13)21-18(23)19-12-17(22)20-14-8-10-15(24-2)11-9-14/h4-11H,3,12H2,1-2H3,(H,20,22)(H2,19,21,23). The zero-order valence-electron chi connectivity index (χ0n) is 13.8. The molecule has 0 aliphatic heterocycles. The first-order valence-electron chi connectivity index (χ1n) is 7.69. The molecule has 6 nitrogen and oxygen atoms in total. The van der Waals surface area contributed by atoms with Crippen molar-refractivity contribution in [3.05, 3.63) is 54.1 Å². The number of nitrogens with one attached hydrogen (secondary N) is 3. The second-order valence-corrected chi connectivity index (χ2v) is 5.10. The number of urea groups is 1. The van der Waals surface area contributed by atoms with Crippen LogP contribution in [0.15, 0.2) is 48.5 Å². The minimum absolute atomic E-state index is 0.119. The summed E-state index contributed by atoms with van der Waals surface area (Å²) in [5, 5.41) is 7.99. The summed E-state index contributed by atoms with van der Waals surface area (Å²) in [6, 6.07) is 14.1. The van der Waals surface area contributed by atoms with Gasteiger partial charge in [0.2, 0.25) is 5.91 Å². The number of ether oxygens (including phenoxy) is 1. The molecule has 0 radical (unpaired) electrons. The van der Waals surface area contributed by atoms with Crippen molar-refractivity contribution in [1.82, 2.24) is 5.32 Å². The van der Waals surface area contributed by atoms with Crippen LogP contribution in [0.3, 0.4) is 0 Å². The first kappa shape index (κ1) is 17.3. The van der Waals surface area contributed by atoms with Gasteiger partial charge in [0.1, 0.15) is 5.75 Å². The lowest BCUT2D eigenvalue weighted by atomic mass is 10.1. The van der Waals surface area contributed by atoms with E-state index in [1.807, 2.05) is 31.2 Å². The number of rotatable bonds is 6. The molecule has 0 spiro atoms. The fourth-order valence-corrected chi connectivity index (χ4v) is 2.16. The van der Waals surface area contributed by atoms with Crippen LogP contribution in [0.1, 0.15) is 12.5 Å². The molecule has 0 atom stereocenters. The molecule has 0 aliphatic carbocycles. The molecule has 0 saturated carbocycles. The number of para-hydroxylation sites is 1. The van der Waals surface area contributed by atoms with Gasteiger partial charge in [-0.05, 0) is 42.3 Å². The van der Waals surface area contributed by atoms with Gasteiger partial charge in [-0.1, -0.05) is 25.1 Å². The quantitative estimate of drug-likeness (QED) is 0.763. The molecule has 0 bridgehead atoms. The number of carbonyl (C=O) groups is 2. The van der Waals surface area contributed by atoms with Crippen molar-refractivity contribution in [2.24, 2.45) is 0 Å². The monoisotopic (exact) mass is 327 g/mol. The lowest BCUT2D eigenvalue weighted by molar-refractivity contribution is -0.115. The predicted molar refractivity (Wildman–Crippen MR) is 94.5 cm³/mol. The van der Waals surface area contributed by atoms with Gasteiger partial charge in [0, 0.05) is 11.4 Å². The van der Waals surface area contributed by atoms with Crippen LogP contribution in [-0.2, 0) is 11.2 Å². The molecule has 0 fully saturated rings. The van der Waals surface area contributed by atoms with E-state index in [0.717, 1.165) is 17.7 Å². The maximum Gasteiger partial charge on any atom is 0.319 e. The molecule has 0 saturated heterocycles. The van der Waals surface area contributed by atoms with Gasteiger partial charge in [-0.15, -0.1) is 0 Å². The Labute approximate surface area is 141 Å². The topological polar surface area (TPSA) is 79.5 Å². The number of anilines is 2. The number of aryl methyl sites for hydroxylation is 1. The maximum absolute atomic E-state index is 11.9. The SMILES string of the molecule is CCc1ccccc1NC(=O)NCC(=O)Nc1ccc(OC)cc1. The molecule has 3 amide bonds. The zero-order chi connectivity index (χ0) is 17.4. The third-order valence-electron chi connectivity index (χ3n) is 3.43. The zero-order valence-corrected chi connectivity index (χ0v) is 13.8. The Morgan fingerprint density at radius 1 is 1.00 bits per heavy atom. The smallest absolute Gasteiger partial charge is 0.319 e. The van der Waals surface area contributed by atoms with Crippen molar-refractivity contribution in [3.8, 4) is 5.75 Å². The van der Waals surface area contributed by atoms with E-state index in [4.69, 9.17) is 4.74 Å². The lowest BCUT2D eigenvalue weighted by Crippen LogP contribution is -2.36. The van der Waals surface area contributed by atoms with Crippen LogP contribution in [0.5, 0.6) is 5.75 Å². The summed E-state index contributed by atoms with van der Waals surface area (Å²) in [7, 11) is 1.58. The van der Waals surface area contributed by atoms with Gasteiger partial charge in [0.25, 0.3) is 0 Å². The van der Waals surface area contributed by atoms with Crippen molar-refractivity contribution in [2.45, 2.75) is 13.3 Å². The molecule has 0 unspecified atom stereocenters. The number of hydrogen-bond acceptors (Lipinski definition) is 3. The fourth-order valence-electron chi connectivity index (χ4n) is 2.16. The fraction of sp³-hybridized carbons (Fsp3) is 0.222. The summed E-state index contributed by atoms with van der Waals surface area (Å²) in [6.45, 7) is 1.90. The predicted octanol–water partition coefficient (Wildman–Crippen LogP) is 3.02. The number of benzene rings is 2. The first-order valence-corrected chi connectivity index (χ1v) is 7.69. The van der Waals surface area contributed by atoms with Crippen LogP contribution >= 0.6 is 0 Å². The Kier molecular flexibility index (Phi) is 6.19. The number of methoxy groups -OCH3 is 1. The van der Waals surface area contributed by atoms with Gasteiger partial charge in [-0.2, -0.15) is 0 Å². The van der Waals surface area contributed by atoms with E-state index in [2.05, 4.69) is 16.0 Å². The van der Waals surface area contributed by atoms with Gasteiger partial charge >= 0.3 is 6.03 Å². The highest BCUT2D eigenvalue weighted by Crippen LogP contribution is 2.15. The van der Waals surface area contributed by atoms with Gasteiger partial charge < -0.3 is 20.7 Å². The van der Waals surface area contributed by atoms with Crippen LogP contribution in [0.2, 0.25) is 0 Å². The molecule has 126 valence electrons. The molecular weight excluding hydrogens is 306 g/mol. The van der Waals surface area contributed by atoms with E-state index in [0.29, 0.717) is 11.4 Å². The highest BCUT2D eigenvalue weighted by Gasteiger charge is 2.08. The largest absolute Gasteiger partial charge is 0.497 e. The van der Waals surface area contributed by atoms with E-state index in [9.17, 15) is 9.59 Å². The molecule has 0 aliphatic rings. The summed E-state index contributed by atoms with van der Waals surface area (Å²) in [4.78, 5) is 23.8. The van der Waals surface area contributed by atoms with Crippen molar-refractivity contribution in [1.29, 1.82) is 0 Å². The third kappa shape index (κ3) is 5.01. The van der Waals surface area contributed by atoms with Crippen LogP contribution < -0.4 is 20.7 Å². The van der Waals surface area contributed by atoms with E-state index < -0.39 is 6.03 Å². The number of amides is 3. The molecule has 2 aromatic carbocycles. The van der Waals surface area contributed by atoms with Gasteiger partial charge in [-0.25, -0.2) is 4.79 Å². The van der Waals surface area contributed by atoms with Crippen molar-refractivity contribution in [3.63, 3.8) is 0 Å². The molecule has 0 aromatic heterocycles. The van der Waals surface area contributed by atoms with Crippen LogP contribution in [0.25, 0.3) is 0 Å². The van der Waals surface area contributed by atoms with E-state index >= 15 is 0 Å². The summed E-state index contributed by atoms with van der Waals surface area (Å²) >= 11 is 0. The molecule has 2 aromatic rings. The third-order valence-corrected chi connectivity index (χ3v) is 3.43. The van der Waals surface area contributed by atoms with Gasteiger partial charge in [0.05, 0.1) is 13.7 Å². The Balaban J connectivity index is 1.81. The average Bonchev–Trinajstić information content (AvgIpc) is 2.61. The summed E-state index contributed by atoms with van der Waals surface area (Å²) < 4.78 is 5.05. The highest BCUT2D eigenvalue weighted by molar-refractivity contribution is 5.97. The van der Waals surface area contributed by atoms with E-state index in [1.54, 1.807) is 31.4 Å². The summed E-state index contributed by atoms with van der Waals surface area (Å²) in [5.41, 5.74) is 2.42.